The van der Waals surface area contributed by atoms with Gasteiger partial charge in [0.25, 0.3) is 5.56 Å². The molecule has 35 heavy (non-hydrogen) atoms. The Labute approximate surface area is 212 Å². The molecule has 0 aliphatic heterocycles. The number of aromatic amines is 1. The van der Waals surface area contributed by atoms with Gasteiger partial charge in [-0.1, -0.05) is 98.3 Å². The molecule has 1 rings (SSSR count). The molecule has 0 aliphatic carbocycles. The lowest BCUT2D eigenvalue weighted by molar-refractivity contribution is -0.135. The molecule has 0 spiro atoms. The van der Waals surface area contributed by atoms with Crippen molar-refractivity contribution in [3.8, 4) is 0 Å². The quantitative estimate of drug-likeness (QED) is 0.181. The number of nitrogens with one attached hydrogen (secondary N) is 1. The minimum Gasteiger partial charge on any atom is -0.268 e. The van der Waals surface area contributed by atoms with Crippen LogP contribution in [0.2, 0.25) is 0 Å². The number of H-pyrrole nitrogens is 1. The van der Waals surface area contributed by atoms with E-state index in [1.807, 2.05) is 6.07 Å². The largest absolute Gasteiger partial charge is 0.389 e. The summed E-state index contributed by atoms with van der Waals surface area (Å²) in [4.78, 5) is 11.8. The molecule has 0 aromatic carbocycles. The van der Waals surface area contributed by atoms with E-state index in [4.69, 9.17) is 0 Å². The van der Waals surface area contributed by atoms with E-state index in [0.29, 0.717) is 18.3 Å². The molecule has 1 N–H and O–H groups in total. The van der Waals surface area contributed by atoms with Crippen molar-refractivity contribution in [2.45, 2.75) is 148 Å². The number of hydrogen-bond donors (Lipinski definition) is 1. The molecule has 0 fully saturated rings. The van der Waals surface area contributed by atoms with Gasteiger partial charge in [0.2, 0.25) is 0 Å². The number of aromatic nitrogens is 2. The molecule has 2 atom stereocenters. The maximum absolute atomic E-state index is 12.7. The molecule has 1 aromatic rings. The molecule has 0 saturated carbocycles. The molecule has 0 amide bonds. The number of rotatable bonds is 20. The summed E-state index contributed by atoms with van der Waals surface area (Å²) in [6, 6.07) is 3.49. The molecular weight excluding hydrogens is 449 g/mol. The first kappa shape index (κ1) is 31.7. The topological polar surface area (TPSA) is 45.8 Å². The molecule has 0 aliphatic rings. The molecule has 0 bridgehead atoms. The third-order valence-corrected chi connectivity index (χ3v) is 7.91. The van der Waals surface area contributed by atoms with Gasteiger partial charge in [-0.15, -0.1) is 0 Å². The smallest absolute Gasteiger partial charge is 0.268 e. The third-order valence-electron chi connectivity index (χ3n) is 7.91. The Hall–Kier alpha value is -1.33. The molecule has 2 unspecified atom stereocenters. The van der Waals surface area contributed by atoms with Gasteiger partial charge in [-0.3, -0.25) is 4.79 Å². The number of halogens is 3. The standard InChI is InChI=1S/C29H51F3N2O/c1-5-8-12-17-24(18-13-9-6-2)28(4,26-21-22-27(35)34-33-26)25(19-14-10-7-3)20-15-11-16-23-29(30,31)32/h21-22,24-25H,5-20,23H2,1-4H3,(H,34,35). The van der Waals surface area contributed by atoms with Crippen LogP contribution in [0.25, 0.3) is 0 Å². The summed E-state index contributed by atoms with van der Waals surface area (Å²) in [5.74, 6) is 0.785. The van der Waals surface area contributed by atoms with Crippen LogP contribution < -0.4 is 5.56 Å². The molecule has 6 heteroatoms. The van der Waals surface area contributed by atoms with E-state index < -0.39 is 12.6 Å². The Morgan fingerprint density at radius 3 is 1.57 bits per heavy atom. The van der Waals surface area contributed by atoms with Gasteiger partial charge in [0.15, 0.2) is 0 Å². The van der Waals surface area contributed by atoms with Gasteiger partial charge in [0.05, 0.1) is 5.69 Å². The molecular formula is C29H51F3N2O. The summed E-state index contributed by atoms with van der Waals surface area (Å²) < 4.78 is 38.0. The summed E-state index contributed by atoms with van der Waals surface area (Å²) >= 11 is 0. The van der Waals surface area contributed by atoms with Gasteiger partial charge < -0.3 is 0 Å². The van der Waals surface area contributed by atoms with Crippen LogP contribution in [0.5, 0.6) is 0 Å². The Morgan fingerprint density at radius 2 is 1.20 bits per heavy atom. The average molecular weight is 501 g/mol. The SMILES string of the molecule is CCCCCC(CCCCC)C(C)(c1ccc(=O)[nH]n1)C(CCCCC)CCCCCC(F)(F)F. The van der Waals surface area contributed by atoms with Crippen molar-refractivity contribution < 1.29 is 13.2 Å². The van der Waals surface area contributed by atoms with Gasteiger partial charge in [-0.05, 0) is 50.0 Å². The Kier molecular flexibility index (Phi) is 15.6. The van der Waals surface area contributed by atoms with Crippen LogP contribution in [-0.4, -0.2) is 16.4 Å². The van der Waals surface area contributed by atoms with E-state index in [1.54, 1.807) is 6.07 Å². The molecule has 1 aromatic heterocycles. The zero-order valence-corrected chi connectivity index (χ0v) is 22.8. The van der Waals surface area contributed by atoms with Crippen molar-refractivity contribution in [3.63, 3.8) is 0 Å². The van der Waals surface area contributed by atoms with Gasteiger partial charge in [0, 0.05) is 17.9 Å². The first-order chi connectivity index (χ1) is 16.7. The zero-order chi connectivity index (χ0) is 26.2. The number of unbranched alkanes of at least 4 members (excludes halogenated alkanes) is 8. The highest BCUT2D eigenvalue weighted by atomic mass is 19.4. The van der Waals surface area contributed by atoms with Crippen LogP contribution >= 0.6 is 0 Å². The normalized spacial score (nSPS) is 14.9. The van der Waals surface area contributed by atoms with E-state index in [9.17, 15) is 18.0 Å². The van der Waals surface area contributed by atoms with Crippen LogP contribution in [0, 0.1) is 11.8 Å². The van der Waals surface area contributed by atoms with E-state index in [1.165, 1.54) is 38.5 Å². The Balaban J connectivity index is 3.25. The Morgan fingerprint density at radius 1 is 0.743 bits per heavy atom. The first-order valence-electron chi connectivity index (χ1n) is 14.3. The van der Waals surface area contributed by atoms with Crippen molar-refractivity contribution in [2.24, 2.45) is 11.8 Å². The molecule has 0 saturated heterocycles. The first-order valence-corrected chi connectivity index (χ1v) is 14.3. The summed E-state index contributed by atoms with van der Waals surface area (Å²) in [6.07, 6.45) is 11.6. The minimum atomic E-state index is -4.07. The van der Waals surface area contributed by atoms with Gasteiger partial charge in [-0.2, -0.15) is 18.3 Å². The maximum atomic E-state index is 12.7. The van der Waals surface area contributed by atoms with E-state index in [2.05, 4.69) is 37.9 Å². The second-order valence-electron chi connectivity index (χ2n) is 10.7. The second-order valence-corrected chi connectivity index (χ2v) is 10.7. The van der Waals surface area contributed by atoms with E-state index in [-0.39, 0.29) is 17.4 Å². The van der Waals surface area contributed by atoms with Crippen LogP contribution in [-0.2, 0) is 5.41 Å². The van der Waals surface area contributed by atoms with Gasteiger partial charge in [0.1, 0.15) is 0 Å². The van der Waals surface area contributed by atoms with Crippen molar-refractivity contribution in [1.29, 1.82) is 0 Å². The van der Waals surface area contributed by atoms with Crippen molar-refractivity contribution >= 4 is 0 Å². The highest BCUT2D eigenvalue weighted by Gasteiger charge is 2.43. The minimum absolute atomic E-state index is 0.195. The fourth-order valence-corrected chi connectivity index (χ4v) is 5.70. The average Bonchev–Trinajstić information content (AvgIpc) is 2.81. The van der Waals surface area contributed by atoms with E-state index in [0.717, 1.165) is 57.1 Å². The second kappa shape index (κ2) is 17.2. The molecule has 3 nitrogen and oxygen atoms in total. The van der Waals surface area contributed by atoms with Crippen LogP contribution in [0.1, 0.15) is 143 Å². The molecule has 0 radical (unpaired) electrons. The molecule has 1 heterocycles. The fourth-order valence-electron chi connectivity index (χ4n) is 5.70. The summed E-state index contributed by atoms with van der Waals surface area (Å²) in [5, 5.41) is 7.25. The van der Waals surface area contributed by atoms with Crippen molar-refractivity contribution in [3.05, 3.63) is 28.2 Å². The lowest BCUT2D eigenvalue weighted by Gasteiger charge is -2.44. The summed E-state index contributed by atoms with van der Waals surface area (Å²) in [7, 11) is 0. The number of hydrogen-bond acceptors (Lipinski definition) is 2. The summed E-state index contributed by atoms with van der Waals surface area (Å²) in [5.41, 5.74) is 0.551. The van der Waals surface area contributed by atoms with Crippen molar-refractivity contribution in [2.75, 3.05) is 0 Å². The monoisotopic (exact) mass is 500 g/mol. The van der Waals surface area contributed by atoms with Crippen molar-refractivity contribution in [1.82, 2.24) is 10.2 Å². The summed E-state index contributed by atoms with van der Waals surface area (Å²) in [6.45, 7) is 8.99. The zero-order valence-electron chi connectivity index (χ0n) is 22.8. The highest BCUT2D eigenvalue weighted by Crippen LogP contribution is 2.47. The molecule has 204 valence electrons. The predicted octanol–water partition coefficient (Wildman–Crippen LogP) is 9.51. The van der Waals surface area contributed by atoms with Crippen LogP contribution in [0.3, 0.4) is 0 Å². The fraction of sp³-hybridized carbons (Fsp3) is 0.862. The number of alkyl halides is 3. The lowest BCUT2D eigenvalue weighted by Crippen LogP contribution is -2.41. The van der Waals surface area contributed by atoms with Gasteiger partial charge in [-0.25, -0.2) is 5.10 Å². The van der Waals surface area contributed by atoms with E-state index >= 15 is 0 Å². The maximum Gasteiger partial charge on any atom is 0.389 e. The van der Waals surface area contributed by atoms with Crippen LogP contribution in [0.15, 0.2) is 16.9 Å². The Bertz CT molecular complexity index is 688. The highest BCUT2D eigenvalue weighted by molar-refractivity contribution is 5.18. The third kappa shape index (κ3) is 12.0. The predicted molar refractivity (Wildman–Crippen MR) is 141 cm³/mol. The lowest BCUT2D eigenvalue weighted by atomic mass is 9.60. The van der Waals surface area contributed by atoms with Crippen LogP contribution in [0.4, 0.5) is 13.2 Å². The number of nitrogens with zero attached hydrogens (tertiary/aromatic N) is 1. The van der Waals surface area contributed by atoms with Gasteiger partial charge >= 0.3 is 6.18 Å².